The first-order valence-corrected chi connectivity index (χ1v) is 7.52. The molecule has 1 N–H and O–H groups in total. The van der Waals surface area contributed by atoms with Gasteiger partial charge in [-0.3, -0.25) is 4.21 Å². The van der Waals surface area contributed by atoms with Crippen LogP contribution >= 0.6 is 0 Å². The van der Waals surface area contributed by atoms with Crippen LogP contribution in [0.15, 0.2) is 0 Å². The van der Waals surface area contributed by atoms with Gasteiger partial charge in [0.05, 0.1) is 0 Å². The number of hydrogen-bond donors (Lipinski definition) is 1. The lowest BCUT2D eigenvalue weighted by molar-refractivity contribution is 0.0613. The minimum Gasteiger partial charge on any atom is -0.381 e. The highest BCUT2D eigenvalue weighted by molar-refractivity contribution is 7.84. The average Bonchev–Trinajstić information content (AvgIpc) is 2.18. The Morgan fingerprint density at radius 3 is 2.73 bits per heavy atom. The van der Waals surface area contributed by atoms with Crippen molar-refractivity contribution in [2.24, 2.45) is 5.92 Å². The van der Waals surface area contributed by atoms with E-state index in [-0.39, 0.29) is 0 Å². The summed E-state index contributed by atoms with van der Waals surface area (Å²) in [7, 11) is -0.671. The SMILES string of the molecule is CC(CC1CCOCC1)NCCS(C)=O. The monoisotopic (exact) mass is 233 g/mol. The quantitative estimate of drug-likeness (QED) is 0.748. The molecule has 1 saturated heterocycles. The van der Waals surface area contributed by atoms with E-state index in [2.05, 4.69) is 12.2 Å². The Morgan fingerprint density at radius 2 is 2.13 bits per heavy atom. The second-order valence-electron chi connectivity index (χ2n) is 4.42. The van der Waals surface area contributed by atoms with E-state index >= 15 is 0 Å². The fourth-order valence-electron chi connectivity index (χ4n) is 2.01. The van der Waals surface area contributed by atoms with E-state index in [1.54, 1.807) is 6.26 Å². The molecule has 0 aromatic carbocycles. The van der Waals surface area contributed by atoms with Crippen LogP contribution in [0.1, 0.15) is 26.2 Å². The first-order valence-electron chi connectivity index (χ1n) is 5.79. The normalized spacial score (nSPS) is 22.5. The Kier molecular flexibility index (Phi) is 6.45. The van der Waals surface area contributed by atoms with Crippen molar-refractivity contribution in [1.29, 1.82) is 0 Å². The predicted octanol–water partition coefficient (Wildman–Crippen LogP) is 1.16. The Labute approximate surface area is 95.4 Å². The molecule has 90 valence electrons. The van der Waals surface area contributed by atoms with Crippen molar-refractivity contribution >= 4 is 10.8 Å². The fraction of sp³-hybridized carbons (Fsp3) is 1.00. The molecule has 3 nitrogen and oxygen atoms in total. The van der Waals surface area contributed by atoms with Crippen LogP contribution in [0.3, 0.4) is 0 Å². The van der Waals surface area contributed by atoms with E-state index in [0.29, 0.717) is 6.04 Å². The summed E-state index contributed by atoms with van der Waals surface area (Å²) in [4.78, 5) is 0. The molecule has 0 spiro atoms. The molecule has 0 amide bonds. The highest BCUT2D eigenvalue weighted by Crippen LogP contribution is 2.19. The van der Waals surface area contributed by atoms with Gasteiger partial charge in [-0.05, 0) is 32.1 Å². The van der Waals surface area contributed by atoms with Crippen molar-refractivity contribution < 1.29 is 8.95 Å². The molecule has 15 heavy (non-hydrogen) atoms. The van der Waals surface area contributed by atoms with Gasteiger partial charge in [0.25, 0.3) is 0 Å². The molecule has 0 aromatic heterocycles. The van der Waals surface area contributed by atoms with Crippen molar-refractivity contribution in [1.82, 2.24) is 5.32 Å². The van der Waals surface area contributed by atoms with Gasteiger partial charge in [-0.2, -0.15) is 0 Å². The number of hydrogen-bond acceptors (Lipinski definition) is 3. The van der Waals surface area contributed by atoms with Crippen LogP contribution in [-0.4, -0.2) is 42.0 Å². The summed E-state index contributed by atoms with van der Waals surface area (Å²) in [6, 6.07) is 0.539. The maximum absolute atomic E-state index is 10.9. The highest BCUT2D eigenvalue weighted by Gasteiger charge is 2.16. The van der Waals surface area contributed by atoms with E-state index in [0.717, 1.165) is 31.4 Å². The predicted molar refractivity (Wildman–Crippen MR) is 64.6 cm³/mol. The average molecular weight is 233 g/mol. The van der Waals surface area contributed by atoms with E-state index in [1.165, 1.54) is 19.3 Å². The maximum atomic E-state index is 10.9. The minimum atomic E-state index is -0.671. The van der Waals surface area contributed by atoms with Gasteiger partial charge in [-0.25, -0.2) is 0 Å². The summed E-state index contributed by atoms with van der Waals surface area (Å²) in [6.07, 6.45) is 5.38. The molecular formula is C11H23NO2S. The van der Waals surface area contributed by atoms with Gasteiger partial charge in [-0.1, -0.05) is 0 Å². The number of rotatable bonds is 6. The molecular weight excluding hydrogens is 210 g/mol. The lowest BCUT2D eigenvalue weighted by atomic mass is 9.93. The second-order valence-corrected chi connectivity index (χ2v) is 5.98. The molecule has 1 fully saturated rings. The summed E-state index contributed by atoms with van der Waals surface area (Å²) in [5, 5.41) is 3.43. The molecule has 0 radical (unpaired) electrons. The Morgan fingerprint density at radius 1 is 1.47 bits per heavy atom. The van der Waals surface area contributed by atoms with Crippen molar-refractivity contribution in [3.63, 3.8) is 0 Å². The largest absolute Gasteiger partial charge is 0.381 e. The van der Waals surface area contributed by atoms with Gasteiger partial charge < -0.3 is 10.1 Å². The molecule has 1 rings (SSSR count). The molecule has 0 aliphatic carbocycles. The first kappa shape index (κ1) is 13.1. The van der Waals surface area contributed by atoms with Crippen LogP contribution in [0.25, 0.3) is 0 Å². The lowest BCUT2D eigenvalue weighted by Gasteiger charge is -2.25. The zero-order valence-electron chi connectivity index (χ0n) is 9.83. The number of ether oxygens (including phenoxy) is 1. The van der Waals surface area contributed by atoms with Crippen LogP contribution in [0.5, 0.6) is 0 Å². The molecule has 2 unspecified atom stereocenters. The zero-order chi connectivity index (χ0) is 11.1. The topological polar surface area (TPSA) is 38.3 Å². The maximum Gasteiger partial charge on any atom is 0.0468 e. The fourth-order valence-corrected chi connectivity index (χ4v) is 2.42. The van der Waals surface area contributed by atoms with Gasteiger partial charge in [-0.15, -0.1) is 0 Å². The third kappa shape index (κ3) is 6.28. The van der Waals surface area contributed by atoms with Crippen molar-refractivity contribution in [3.8, 4) is 0 Å². The second kappa shape index (κ2) is 7.36. The van der Waals surface area contributed by atoms with Crippen LogP contribution in [0, 0.1) is 5.92 Å². The van der Waals surface area contributed by atoms with Crippen molar-refractivity contribution in [3.05, 3.63) is 0 Å². The molecule has 4 heteroatoms. The Balaban J connectivity index is 2.06. The zero-order valence-corrected chi connectivity index (χ0v) is 10.6. The third-order valence-electron chi connectivity index (χ3n) is 2.91. The molecule has 0 aromatic rings. The highest BCUT2D eigenvalue weighted by atomic mass is 32.2. The van der Waals surface area contributed by atoms with Gasteiger partial charge in [0.2, 0.25) is 0 Å². The van der Waals surface area contributed by atoms with Gasteiger partial charge in [0, 0.05) is 48.6 Å². The van der Waals surface area contributed by atoms with E-state index in [4.69, 9.17) is 4.74 Å². The Hall–Kier alpha value is 0.0700. The van der Waals surface area contributed by atoms with Gasteiger partial charge in [0.15, 0.2) is 0 Å². The summed E-state index contributed by atoms with van der Waals surface area (Å²) in [6.45, 7) is 4.94. The molecule has 0 bridgehead atoms. The lowest BCUT2D eigenvalue weighted by Crippen LogP contribution is -2.32. The van der Waals surface area contributed by atoms with Crippen molar-refractivity contribution in [2.75, 3.05) is 31.8 Å². The standard InChI is InChI=1S/C11H23NO2S/c1-10(12-5-8-15(2)13)9-11-3-6-14-7-4-11/h10-12H,3-9H2,1-2H3. The van der Waals surface area contributed by atoms with Crippen LogP contribution in [-0.2, 0) is 15.5 Å². The third-order valence-corrected chi connectivity index (χ3v) is 3.69. The molecule has 1 aliphatic rings. The van der Waals surface area contributed by atoms with Crippen LogP contribution in [0.4, 0.5) is 0 Å². The smallest absolute Gasteiger partial charge is 0.0468 e. The van der Waals surface area contributed by atoms with Gasteiger partial charge >= 0.3 is 0 Å². The summed E-state index contributed by atoms with van der Waals surface area (Å²) in [5.74, 6) is 1.58. The van der Waals surface area contributed by atoms with E-state index in [9.17, 15) is 4.21 Å². The minimum absolute atomic E-state index is 0.539. The van der Waals surface area contributed by atoms with Crippen LogP contribution < -0.4 is 5.32 Å². The molecule has 0 saturated carbocycles. The molecule has 1 heterocycles. The first-order chi connectivity index (χ1) is 7.18. The molecule has 1 aliphatic heterocycles. The van der Waals surface area contributed by atoms with Gasteiger partial charge in [0.1, 0.15) is 0 Å². The van der Waals surface area contributed by atoms with Crippen molar-refractivity contribution in [2.45, 2.75) is 32.2 Å². The van der Waals surface area contributed by atoms with E-state index < -0.39 is 10.8 Å². The van der Waals surface area contributed by atoms with Crippen LogP contribution in [0.2, 0.25) is 0 Å². The summed E-state index contributed by atoms with van der Waals surface area (Å²) >= 11 is 0. The molecule has 2 atom stereocenters. The summed E-state index contributed by atoms with van der Waals surface area (Å²) in [5.41, 5.74) is 0. The Bertz CT molecular complexity index is 193. The van der Waals surface area contributed by atoms with E-state index in [1.807, 2.05) is 0 Å². The summed E-state index contributed by atoms with van der Waals surface area (Å²) < 4.78 is 16.2. The number of nitrogens with one attached hydrogen (secondary N) is 1.